The van der Waals surface area contributed by atoms with Crippen molar-refractivity contribution in [2.45, 2.75) is 6.92 Å². The normalized spacial score (nSPS) is 11.1. The summed E-state index contributed by atoms with van der Waals surface area (Å²) in [6.07, 6.45) is 5.11. The van der Waals surface area contributed by atoms with E-state index in [2.05, 4.69) is 6.58 Å². The lowest BCUT2D eigenvalue weighted by molar-refractivity contribution is 0.338. The van der Waals surface area contributed by atoms with Crippen LogP contribution >= 0.6 is 0 Å². The first-order chi connectivity index (χ1) is 16.5. The molecule has 0 aliphatic carbocycles. The number of hydrogen-bond acceptors (Lipinski definition) is 1. The van der Waals surface area contributed by atoms with Gasteiger partial charge in [0.25, 0.3) is 0 Å². The summed E-state index contributed by atoms with van der Waals surface area (Å²) in [4.78, 5) is 0. The van der Waals surface area contributed by atoms with Crippen molar-refractivity contribution in [3.8, 4) is 28.0 Å². The van der Waals surface area contributed by atoms with Crippen LogP contribution < -0.4 is 4.74 Å². The van der Waals surface area contributed by atoms with E-state index in [1.165, 1.54) is 6.07 Å². The molecular weight excluding hydrogens is 433 g/mol. The largest absolute Gasteiger partial charge is 0.494 e. The molecule has 4 aromatic rings. The highest BCUT2D eigenvalue weighted by molar-refractivity contribution is 5.75. The van der Waals surface area contributed by atoms with Crippen LogP contribution in [0.25, 0.3) is 40.5 Å². The quantitative estimate of drug-likeness (QED) is 0.253. The summed E-state index contributed by atoms with van der Waals surface area (Å²) in [5.41, 5.74) is 3.66. The van der Waals surface area contributed by atoms with E-state index in [-0.39, 0.29) is 16.9 Å². The van der Waals surface area contributed by atoms with Crippen LogP contribution in [0, 0.1) is 17.5 Å². The Balaban J connectivity index is 1.55. The van der Waals surface area contributed by atoms with Crippen LogP contribution in [0.5, 0.6) is 5.75 Å². The van der Waals surface area contributed by atoms with E-state index in [0.717, 1.165) is 11.1 Å². The van der Waals surface area contributed by atoms with Gasteiger partial charge in [-0.1, -0.05) is 85.5 Å². The van der Waals surface area contributed by atoms with Crippen molar-refractivity contribution >= 4 is 18.2 Å². The summed E-state index contributed by atoms with van der Waals surface area (Å²) in [7, 11) is 0. The maximum atomic E-state index is 14.9. The van der Waals surface area contributed by atoms with Crippen molar-refractivity contribution in [1.82, 2.24) is 0 Å². The summed E-state index contributed by atoms with van der Waals surface area (Å²) in [5.74, 6) is -1.69. The van der Waals surface area contributed by atoms with Crippen molar-refractivity contribution in [3.05, 3.63) is 120 Å². The molecule has 34 heavy (non-hydrogen) atoms. The van der Waals surface area contributed by atoms with Crippen LogP contribution in [-0.4, -0.2) is 6.61 Å². The van der Waals surface area contributed by atoms with Gasteiger partial charge in [0, 0.05) is 22.8 Å². The highest BCUT2D eigenvalue weighted by Crippen LogP contribution is 2.32. The summed E-state index contributed by atoms with van der Waals surface area (Å²) in [5, 5.41) is 0. The van der Waals surface area contributed by atoms with E-state index >= 15 is 0 Å². The predicted molar refractivity (Wildman–Crippen MR) is 134 cm³/mol. The molecule has 0 unspecified atom stereocenters. The molecule has 0 spiro atoms. The second-order valence-corrected chi connectivity index (χ2v) is 7.69. The van der Waals surface area contributed by atoms with Gasteiger partial charge in [0.1, 0.15) is 11.6 Å². The average molecular weight is 457 g/mol. The second kappa shape index (κ2) is 10.3. The minimum absolute atomic E-state index is 0.178. The summed E-state index contributed by atoms with van der Waals surface area (Å²) >= 11 is 0. The molecule has 0 aliphatic rings. The molecule has 4 rings (SSSR count). The molecule has 0 atom stereocenters. The number of benzene rings is 4. The zero-order valence-electron chi connectivity index (χ0n) is 18.7. The minimum Gasteiger partial charge on any atom is -0.494 e. The molecule has 1 nitrogen and oxygen atoms in total. The first-order valence-electron chi connectivity index (χ1n) is 10.9. The van der Waals surface area contributed by atoms with Gasteiger partial charge >= 0.3 is 0 Å². The van der Waals surface area contributed by atoms with E-state index in [0.29, 0.717) is 29.0 Å². The maximum absolute atomic E-state index is 14.9. The third-order valence-electron chi connectivity index (χ3n) is 5.50. The Morgan fingerprint density at radius 3 is 1.76 bits per heavy atom. The molecule has 0 fully saturated rings. The van der Waals surface area contributed by atoms with Gasteiger partial charge in [-0.05, 0) is 41.3 Å². The van der Waals surface area contributed by atoms with E-state index in [4.69, 9.17) is 4.74 Å². The lowest BCUT2D eigenvalue weighted by Crippen LogP contribution is -1.94. The second-order valence-electron chi connectivity index (χ2n) is 7.69. The van der Waals surface area contributed by atoms with Crippen molar-refractivity contribution in [2.24, 2.45) is 0 Å². The molecule has 170 valence electrons. The zero-order valence-corrected chi connectivity index (χ0v) is 18.7. The zero-order chi connectivity index (χ0) is 24.1. The first-order valence-corrected chi connectivity index (χ1v) is 10.9. The number of halogens is 3. The molecule has 4 aromatic carbocycles. The Morgan fingerprint density at radius 2 is 1.26 bits per heavy atom. The van der Waals surface area contributed by atoms with Crippen LogP contribution in [0.2, 0.25) is 0 Å². The lowest BCUT2D eigenvalue weighted by Gasteiger charge is -2.10. The van der Waals surface area contributed by atoms with Crippen molar-refractivity contribution in [3.63, 3.8) is 0 Å². The molecule has 0 aliphatic heterocycles. The molecule has 4 heteroatoms. The highest BCUT2D eigenvalue weighted by Gasteiger charge is 2.16. The van der Waals surface area contributed by atoms with Crippen molar-refractivity contribution in [2.75, 3.05) is 6.61 Å². The maximum Gasteiger partial charge on any atom is 0.167 e. The van der Waals surface area contributed by atoms with Gasteiger partial charge in [-0.2, -0.15) is 0 Å². The molecule has 0 saturated heterocycles. The van der Waals surface area contributed by atoms with Gasteiger partial charge in [-0.3, -0.25) is 0 Å². The van der Waals surface area contributed by atoms with Crippen LogP contribution in [0.4, 0.5) is 13.2 Å². The first kappa shape index (κ1) is 23.1. The molecule has 0 radical (unpaired) electrons. The van der Waals surface area contributed by atoms with Gasteiger partial charge in [0.15, 0.2) is 11.6 Å². The fraction of sp³-hybridized carbons (Fsp3) is 0.0667. The third kappa shape index (κ3) is 4.96. The van der Waals surface area contributed by atoms with E-state index in [1.807, 2.05) is 6.92 Å². The van der Waals surface area contributed by atoms with E-state index < -0.39 is 11.6 Å². The van der Waals surface area contributed by atoms with Gasteiger partial charge in [0.05, 0.1) is 6.61 Å². The van der Waals surface area contributed by atoms with Crippen LogP contribution in [0.3, 0.4) is 0 Å². The van der Waals surface area contributed by atoms with Crippen LogP contribution in [0.15, 0.2) is 85.4 Å². The van der Waals surface area contributed by atoms with Gasteiger partial charge in [-0.15, -0.1) is 0 Å². The van der Waals surface area contributed by atoms with E-state index in [9.17, 15) is 13.2 Å². The van der Waals surface area contributed by atoms with Crippen molar-refractivity contribution < 1.29 is 17.9 Å². The Hall–Kier alpha value is -4.05. The summed E-state index contributed by atoms with van der Waals surface area (Å²) in [6.45, 7) is 6.01. The number of hydrogen-bond donors (Lipinski definition) is 0. The minimum atomic E-state index is -0.898. The Morgan fingerprint density at radius 1 is 0.706 bits per heavy atom. The average Bonchev–Trinajstić information content (AvgIpc) is 2.86. The Bertz CT molecular complexity index is 1340. The van der Waals surface area contributed by atoms with Gasteiger partial charge in [-0.25, -0.2) is 13.2 Å². The monoisotopic (exact) mass is 456 g/mol. The standard InChI is InChI=1S/C30H23F3O/c1-3-20-5-10-22(11-6-20)26-17-18-27(30(33)29(26)32)23-12-7-21(8-13-23)9-14-24-15-16-25(34-4-2)19-28(24)31/h3,5-19H,1,4H2,2H3. The molecular formula is C30H23F3O. The fourth-order valence-electron chi connectivity index (χ4n) is 3.65. The molecule has 0 heterocycles. The molecule has 0 bridgehead atoms. The number of ether oxygens (including phenoxy) is 1. The fourth-order valence-corrected chi connectivity index (χ4v) is 3.65. The van der Waals surface area contributed by atoms with Crippen LogP contribution in [0.1, 0.15) is 23.6 Å². The molecule has 0 amide bonds. The Labute approximate surface area is 197 Å². The topological polar surface area (TPSA) is 9.23 Å². The highest BCUT2D eigenvalue weighted by atomic mass is 19.2. The molecule has 0 aromatic heterocycles. The predicted octanol–water partition coefficient (Wildman–Crippen LogP) is 8.65. The third-order valence-corrected chi connectivity index (χ3v) is 5.50. The van der Waals surface area contributed by atoms with Gasteiger partial charge < -0.3 is 4.74 Å². The Kier molecular flexibility index (Phi) is 6.98. The molecule has 0 N–H and O–H groups in total. The van der Waals surface area contributed by atoms with Crippen LogP contribution in [-0.2, 0) is 0 Å². The summed E-state index contributed by atoms with van der Waals surface area (Å²) < 4.78 is 49.3. The summed E-state index contributed by atoms with van der Waals surface area (Å²) in [6, 6.07) is 21.9. The SMILES string of the molecule is C=Cc1ccc(-c2ccc(-c3ccc(C=Cc4ccc(OCC)cc4F)cc3)c(F)c2F)cc1. The smallest absolute Gasteiger partial charge is 0.167 e. The van der Waals surface area contributed by atoms with E-state index in [1.54, 1.807) is 91.0 Å². The molecule has 0 saturated carbocycles. The van der Waals surface area contributed by atoms with Crippen molar-refractivity contribution in [1.29, 1.82) is 0 Å². The number of rotatable bonds is 7. The van der Waals surface area contributed by atoms with Gasteiger partial charge in [0.2, 0.25) is 0 Å². The lowest BCUT2D eigenvalue weighted by atomic mass is 9.97.